The number of carboxylic acid groups (broad SMARTS) is 3. The van der Waals surface area contributed by atoms with Crippen LogP contribution in [0.1, 0.15) is 50.3 Å². The highest BCUT2D eigenvalue weighted by atomic mass is 16.5. The van der Waals surface area contributed by atoms with E-state index in [4.69, 9.17) is 43.7 Å². The lowest BCUT2D eigenvalue weighted by molar-refractivity contribution is -0.138. The molecular weight excluding hydrogens is 1390 g/mol. The number of benzene rings is 6. The molecule has 108 heavy (non-hydrogen) atoms. The largest absolute Gasteiger partial charge is 0.493 e. The molecule has 0 bridgehead atoms. The summed E-state index contributed by atoms with van der Waals surface area (Å²) in [6.45, 7) is 10.6. The number of rotatable bonds is 32. The van der Waals surface area contributed by atoms with Gasteiger partial charge in [0.2, 0.25) is 0 Å². The first kappa shape index (κ1) is 77.8. The number of carbonyl (C=O) groups is 3. The Bertz CT molecular complexity index is 5360. The lowest BCUT2D eigenvalue weighted by Crippen LogP contribution is -2.19. The minimum atomic E-state index is -1.03. The molecule has 0 spiro atoms. The number of nitrogens with one attached hydrogen (secondary N) is 6. The highest BCUT2D eigenvalue weighted by Gasteiger charge is 2.21. The normalized spacial score (nSPS) is 11.3. The van der Waals surface area contributed by atoms with E-state index in [1.54, 1.807) is 6.07 Å². The summed E-state index contributed by atoms with van der Waals surface area (Å²) in [7, 11) is 11.8. The summed E-state index contributed by atoms with van der Waals surface area (Å²) in [6, 6.07) is 33.9. The van der Waals surface area contributed by atoms with Crippen LogP contribution in [0.25, 0.3) is 107 Å². The molecule has 0 unspecified atom stereocenters. The third-order valence-electron chi connectivity index (χ3n) is 16.5. The van der Waals surface area contributed by atoms with E-state index in [0.29, 0.717) is 160 Å². The van der Waals surface area contributed by atoms with Crippen molar-refractivity contribution in [1.29, 1.82) is 0 Å². The van der Waals surface area contributed by atoms with Crippen molar-refractivity contribution in [2.24, 2.45) is 0 Å². The molecule has 0 saturated carbocycles. The van der Waals surface area contributed by atoms with Gasteiger partial charge in [0.15, 0.2) is 33.5 Å². The Morgan fingerprint density at radius 1 is 0.417 bits per heavy atom. The van der Waals surface area contributed by atoms with Crippen molar-refractivity contribution >= 4 is 57.5 Å². The van der Waals surface area contributed by atoms with Gasteiger partial charge < -0.3 is 88.3 Å². The Labute approximate surface area is 619 Å². The Hall–Kier alpha value is -12.8. The van der Waals surface area contributed by atoms with Crippen LogP contribution in [0.3, 0.4) is 0 Å². The molecule has 30 heteroatoms. The number of H-pyrrole nitrogens is 6. The third-order valence-corrected chi connectivity index (χ3v) is 16.5. The second-order valence-corrected chi connectivity index (χ2v) is 25.4. The van der Waals surface area contributed by atoms with E-state index in [1.165, 1.54) is 25.1 Å². The number of aliphatic carboxylic acids is 3. The Morgan fingerprint density at radius 3 is 1.25 bits per heavy atom. The van der Waals surface area contributed by atoms with Gasteiger partial charge in [-0.2, -0.15) is 0 Å². The number of ether oxygens (including phenoxy) is 6. The highest BCUT2D eigenvalue weighted by Crippen LogP contribution is 2.40. The fourth-order valence-corrected chi connectivity index (χ4v) is 11.2. The van der Waals surface area contributed by atoms with Crippen molar-refractivity contribution in [1.82, 2.24) is 74.5 Å². The highest BCUT2D eigenvalue weighted by molar-refractivity contribution is 5.87. The molecule has 0 fully saturated rings. The van der Waals surface area contributed by atoms with Crippen molar-refractivity contribution in [3.8, 4) is 102 Å². The lowest BCUT2D eigenvalue weighted by atomic mass is 9.98. The van der Waals surface area contributed by atoms with Gasteiger partial charge in [-0.3, -0.25) is 24.0 Å². The van der Waals surface area contributed by atoms with Gasteiger partial charge in [-0.15, -0.1) is 0 Å². The number of fused-ring (bicyclic) bond motifs is 3. The summed E-state index contributed by atoms with van der Waals surface area (Å²) < 4.78 is 35.7. The molecule has 0 radical (unpaired) electrons. The van der Waals surface area contributed by atoms with Crippen LogP contribution in [-0.2, 0) is 27.2 Å². The number of nitrogens with zero attached hydrogens (tertiary/aromatic N) is 9. The van der Waals surface area contributed by atoms with Crippen LogP contribution in [-0.4, -0.2) is 209 Å². The average Bonchev–Trinajstić information content (AvgIpc) is 1.35. The zero-order valence-corrected chi connectivity index (χ0v) is 61.2. The Kier molecular flexibility index (Phi) is 26.5. The molecule has 0 aliphatic rings. The number of aromatic amines is 6. The quantitative estimate of drug-likeness (QED) is 0.0177. The van der Waals surface area contributed by atoms with Gasteiger partial charge in [-0.25, -0.2) is 34.7 Å². The SMILES string of the molecule is CCOc1cc(-c2cc(/C=C/C(=O)O)cc(OCCN(C)C)c2)ccc1-c1nc2nc[nH]c2c(=O)[nH]1.CCOc1cc(-c2cc(CCC(=O)O)cc(OCCN(C)C)c2)ccc1-c1nc2nc[nH]c2c(=O)[nH]1.CCOc1cc(-c2cc(CCC(=O)O)ccc2OCCN(C)C)ccc1-c1nc2nc[nH]c2c(=O)[nH]1. The van der Waals surface area contributed by atoms with Crippen LogP contribution in [0.5, 0.6) is 34.5 Å². The van der Waals surface area contributed by atoms with Gasteiger partial charge in [-0.05, 0) is 205 Å². The third kappa shape index (κ3) is 20.8. The molecule has 6 aromatic heterocycles. The number of aryl methyl sites for hydroxylation is 2. The number of hydrogen-bond acceptors (Lipinski definition) is 21. The minimum absolute atomic E-state index is 0.0262. The maximum absolute atomic E-state index is 12.5. The fraction of sp³-hybridized carbons (Fsp3) is 0.282. The summed E-state index contributed by atoms with van der Waals surface area (Å²) in [5, 5.41) is 27.3. The number of hydrogen-bond donors (Lipinski definition) is 9. The van der Waals surface area contributed by atoms with Crippen molar-refractivity contribution in [3.63, 3.8) is 0 Å². The van der Waals surface area contributed by atoms with E-state index in [2.05, 4.69) is 59.8 Å². The second-order valence-electron chi connectivity index (χ2n) is 25.4. The van der Waals surface area contributed by atoms with Crippen LogP contribution in [0.4, 0.5) is 0 Å². The van der Waals surface area contributed by atoms with Crippen molar-refractivity contribution in [2.45, 2.75) is 46.5 Å². The fourth-order valence-electron chi connectivity index (χ4n) is 11.2. The maximum Gasteiger partial charge on any atom is 0.328 e. The Morgan fingerprint density at radius 2 is 0.824 bits per heavy atom. The van der Waals surface area contributed by atoms with Crippen molar-refractivity contribution in [3.05, 3.63) is 182 Å². The summed E-state index contributed by atoms with van der Waals surface area (Å²) in [5.41, 5.74) is 10.3. The van der Waals surface area contributed by atoms with Gasteiger partial charge >= 0.3 is 17.9 Å². The number of imidazole rings is 3. The molecule has 12 rings (SSSR count). The van der Waals surface area contributed by atoms with Gasteiger partial charge in [0.05, 0.1) is 55.5 Å². The van der Waals surface area contributed by atoms with Gasteiger partial charge in [0.25, 0.3) is 16.7 Å². The predicted molar refractivity (Wildman–Crippen MR) is 410 cm³/mol. The van der Waals surface area contributed by atoms with Crippen LogP contribution in [0.15, 0.2) is 149 Å². The molecule has 0 saturated heterocycles. The van der Waals surface area contributed by atoms with E-state index >= 15 is 0 Å². The molecule has 9 N–H and O–H groups in total. The van der Waals surface area contributed by atoms with E-state index in [0.717, 1.165) is 70.2 Å². The van der Waals surface area contributed by atoms with E-state index in [1.807, 2.05) is 181 Å². The first-order valence-electron chi connectivity index (χ1n) is 34.7. The van der Waals surface area contributed by atoms with E-state index < -0.39 is 17.9 Å². The smallest absolute Gasteiger partial charge is 0.328 e. The molecule has 12 aromatic rings. The molecule has 0 aliphatic heterocycles. The van der Waals surface area contributed by atoms with Crippen LogP contribution in [0, 0.1) is 0 Å². The summed E-state index contributed by atoms with van der Waals surface area (Å²) in [6.07, 6.45) is 7.76. The van der Waals surface area contributed by atoms with E-state index in [-0.39, 0.29) is 29.5 Å². The molecule has 6 aromatic carbocycles. The summed E-state index contributed by atoms with van der Waals surface area (Å²) >= 11 is 0. The summed E-state index contributed by atoms with van der Waals surface area (Å²) in [5.74, 6) is 1.95. The van der Waals surface area contributed by atoms with Gasteiger partial charge in [0.1, 0.15) is 71.8 Å². The number of likely N-dealkylation sites (N-methyl/N-ethyl adjacent to an activating group) is 3. The zero-order valence-electron chi connectivity index (χ0n) is 61.2. The average molecular weight is 1470 g/mol. The Balaban J connectivity index is 0.000000173. The topological polar surface area (TPSA) is 400 Å². The lowest BCUT2D eigenvalue weighted by Gasteiger charge is -2.17. The van der Waals surface area contributed by atoms with Crippen LogP contribution >= 0.6 is 0 Å². The molecule has 0 amide bonds. The second kappa shape index (κ2) is 36.8. The van der Waals surface area contributed by atoms with Crippen molar-refractivity contribution in [2.75, 3.05) is 102 Å². The van der Waals surface area contributed by atoms with Gasteiger partial charge in [-0.1, -0.05) is 30.3 Å². The van der Waals surface area contributed by atoms with Crippen LogP contribution in [0.2, 0.25) is 0 Å². The first-order chi connectivity index (χ1) is 52.0. The zero-order chi connectivity index (χ0) is 77.0. The maximum atomic E-state index is 12.5. The molecular formula is C78H85N15O15. The standard InChI is InChI=1S/2C26H29N5O5.C26H27N5O5/c1-4-35-21-14-17(7-8-18(21)24-29-25-23(26(34)30-24)27-15-28-25)19-13-16(6-10-22(32)33)5-9-20(19)36-12-11-31(2)3;2*1-4-35-21-14-17(6-7-20(21)24-29-25-23(26(34)30-24)27-15-28-25)18-11-16(5-8-22(32)33)12-19(13-18)36-10-9-31(2)3/h5,7-9,13-15H,4,6,10-12H2,1-3H3,(H,32,33)(H2,27,28,29,30,34);6-7,11-15H,4-5,8-10H2,1-3H3,(H,32,33)(H2,27,28,29,30,34);5-8,11-15H,4,9-10H2,1-3H3,(H,32,33)(H2,27,28,29,30,34)/b;;8-5+. The predicted octanol–water partition coefficient (Wildman–Crippen LogP) is 10.1. The molecule has 562 valence electrons. The first-order valence-corrected chi connectivity index (χ1v) is 34.7. The van der Waals surface area contributed by atoms with Crippen LogP contribution < -0.4 is 45.1 Å². The summed E-state index contributed by atoms with van der Waals surface area (Å²) in [4.78, 5) is 119. The van der Waals surface area contributed by atoms with E-state index in [9.17, 15) is 28.8 Å². The molecule has 6 heterocycles. The molecule has 30 nitrogen and oxygen atoms in total. The molecule has 0 atom stereocenters. The van der Waals surface area contributed by atoms with Gasteiger partial charge in [0, 0.05) is 44.1 Å². The monoisotopic (exact) mass is 1470 g/mol. The van der Waals surface area contributed by atoms with Crippen molar-refractivity contribution < 1.29 is 58.1 Å². The minimum Gasteiger partial charge on any atom is -0.493 e. The number of carboxylic acids is 3. The number of aromatic nitrogens is 12. The molecule has 0 aliphatic carbocycles.